The summed E-state index contributed by atoms with van der Waals surface area (Å²) in [6.45, 7) is 3.49. The van der Waals surface area contributed by atoms with Crippen molar-refractivity contribution in [3.63, 3.8) is 0 Å². The fourth-order valence-corrected chi connectivity index (χ4v) is 0.985. The minimum Gasteiger partial charge on any atom is -0.387 e. The van der Waals surface area contributed by atoms with Crippen molar-refractivity contribution in [3.05, 3.63) is 30.1 Å². The molecule has 2 N–H and O–H groups in total. The van der Waals surface area contributed by atoms with Crippen LogP contribution in [0.5, 0.6) is 0 Å². The number of hydrogen-bond donors (Lipinski definition) is 2. The summed E-state index contributed by atoms with van der Waals surface area (Å²) >= 11 is 0. The predicted octanol–water partition coefficient (Wildman–Crippen LogP) is 0.724. The minimum absolute atomic E-state index is 0.423. The average Bonchev–Trinajstić information content (AvgIpc) is 2.15. The number of likely N-dealkylation sites (N-methyl/N-ethyl adjacent to an activating group) is 1. The molecule has 0 aromatic carbocycles. The maximum atomic E-state index is 9.56. The SMILES string of the molecule is CCNCC(O)c1ccncc1. The van der Waals surface area contributed by atoms with Crippen molar-refractivity contribution in [3.8, 4) is 0 Å². The highest BCUT2D eigenvalue weighted by Crippen LogP contribution is 2.08. The van der Waals surface area contributed by atoms with E-state index in [9.17, 15) is 5.11 Å². The topological polar surface area (TPSA) is 45.1 Å². The molecule has 1 atom stereocenters. The average molecular weight is 166 g/mol. The third kappa shape index (κ3) is 2.60. The van der Waals surface area contributed by atoms with E-state index in [-0.39, 0.29) is 0 Å². The van der Waals surface area contributed by atoms with Crippen molar-refractivity contribution in [2.24, 2.45) is 0 Å². The molecule has 3 nitrogen and oxygen atoms in total. The fourth-order valence-electron chi connectivity index (χ4n) is 0.985. The molecule has 3 heteroatoms. The van der Waals surface area contributed by atoms with E-state index in [0.717, 1.165) is 12.1 Å². The van der Waals surface area contributed by atoms with Gasteiger partial charge in [-0.3, -0.25) is 4.98 Å². The number of nitrogens with one attached hydrogen (secondary N) is 1. The van der Waals surface area contributed by atoms with Gasteiger partial charge in [-0.05, 0) is 24.2 Å². The Hall–Kier alpha value is -0.930. The first-order chi connectivity index (χ1) is 5.84. The number of aromatic nitrogens is 1. The number of nitrogens with zero attached hydrogens (tertiary/aromatic N) is 1. The summed E-state index contributed by atoms with van der Waals surface area (Å²) in [4.78, 5) is 3.88. The van der Waals surface area contributed by atoms with Crippen molar-refractivity contribution >= 4 is 0 Å². The molecule has 0 spiro atoms. The van der Waals surface area contributed by atoms with E-state index in [0.29, 0.717) is 6.54 Å². The first kappa shape index (κ1) is 9.16. The first-order valence-electron chi connectivity index (χ1n) is 4.13. The molecule has 1 heterocycles. The van der Waals surface area contributed by atoms with Gasteiger partial charge < -0.3 is 10.4 Å². The number of pyridine rings is 1. The van der Waals surface area contributed by atoms with Crippen LogP contribution < -0.4 is 5.32 Å². The number of hydrogen-bond acceptors (Lipinski definition) is 3. The smallest absolute Gasteiger partial charge is 0.0915 e. The van der Waals surface area contributed by atoms with E-state index in [1.165, 1.54) is 0 Å². The van der Waals surface area contributed by atoms with Crippen LogP contribution in [0.1, 0.15) is 18.6 Å². The zero-order valence-electron chi connectivity index (χ0n) is 7.20. The van der Waals surface area contributed by atoms with Gasteiger partial charge in [-0.1, -0.05) is 6.92 Å². The van der Waals surface area contributed by atoms with Gasteiger partial charge >= 0.3 is 0 Å². The van der Waals surface area contributed by atoms with Crippen LogP contribution in [-0.4, -0.2) is 23.2 Å². The van der Waals surface area contributed by atoms with Crippen molar-refractivity contribution < 1.29 is 5.11 Å². The molecule has 0 bridgehead atoms. The molecular weight excluding hydrogens is 152 g/mol. The highest BCUT2D eigenvalue weighted by Gasteiger charge is 2.04. The molecule has 66 valence electrons. The molecule has 0 aliphatic carbocycles. The van der Waals surface area contributed by atoms with Crippen LogP contribution in [0.3, 0.4) is 0 Å². The van der Waals surface area contributed by atoms with E-state index in [2.05, 4.69) is 10.3 Å². The Morgan fingerprint density at radius 2 is 2.17 bits per heavy atom. The van der Waals surface area contributed by atoms with E-state index in [1.807, 2.05) is 19.1 Å². The first-order valence-corrected chi connectivity index (χ1v) is 4.13. The van der Waals surface area contributed by atoms with Crippen molar-refractivity contribution in [1.29, 1.82) is 0 Å². The Morgan fingerprint density at radius 3 is 2.75 bits per heavy atom. The van der Waals surface area contributed by atoms with Crippen LogP contribution in [0.25, 0.3) is 0 Å². The second-order valence-corrected chi connectivity index (χ2v) is 2.60. The normalized spacial score (nSPS) is 12.8. The molecule has 1 aromatic heterocycles. The largest absolute Gasteiger partial charge is 0.387 e. The summed E-state index contributed by atoms with van der Waals surface area (Å²) in [6, 6.07) is 3.64. The lowest BCUT2D eigenvalue weighted by Crippen LogP contribution is -2.20. The lowest BCUT2D eigenvalue weighted by atomic mass is 10.1. The molecular formula is C9H14N2O. The molecule has 0 amide bonds. The van der Waals surface area contributed by atoms with Gasteiger partial charge in [0.15, 0.2) is 0 Å². The van der Waals surface area contributed by atoms with Crippen molar-refractivity contribution in [1.82, 2.24) is 10.3 Å². The summed E-state index contributed by atoms with van der Waals surface area (Å²) in [5.41, 5.74) is 0.908. The molecule has 1 aromatic rings. The quantitative estimate of drug-likeness (QED) is 0.693. The molecule has 0 saturated heterocycles. The minimum atomic E-state index is -0.423. The third-order valence-electron chi connectivity index (χ3n) is 1.68. The predicted molar refractivity (Wildman–Crippen MR) is 47.7 cm³/mol. The Morgan fingerprint density at radius 1 is 1.50 bits per heavy atom. The number of aliphatic hydroxyl groups excluding tert-OH is 1. The standard InChI is InChI=1S/C9H14N2O/c1-2-10-7-9(12)8-3-5-11-6-4-8/h3-6,9-10,12H,2,7H2,1H3. The zero-order valence-corrected chi connectivity index (χ0v) is 7.20. The molecule has 1 rings (SSSR count). The van der Waals surface area contributed by atoms with Crippen LogP contribution in [-0.2, 0) is 0 Å². The van der Waals surface area contributed by atoms with Gasteiger partial charge in [-0.2, -0.15) is 0 Å². The zero-order chi connectivity index (χ0) is 8.81. The van der Waals surface area contributed by atoms with Gasteiger partial charge in [0.2, 0.25) is 0 Å². The van der Waals surface area contributed by atoms with E-state index in [4.69, 9.17) is 0 Å². The van der Waals surface area contributed by atoms with Gasteiger partial charge in [0.1, 0.15) is 0 Å². The molecule has 1 unspecified atom stereocenters. The van der Waals surface area contributed by atoms with E-state index in [1.54, 1.807) is 12.4 Å². The second kappa shape index (κ2) is 4.85. The molecule has 0 radical (unpaired) electrons. The highest BCUT2D eigenvalue weighted by molar-refractivity contribution is 5.13. The second-order valence-electron chi connectivity index (χ2n) is 2.60. The lowest BCUT2D eigenvalue weighted by Gasteiger charge is -2.10. The van der Waals surface area contributed by atoms with E-state index < -0.39 is 6.10 Å². The van der Waals surface area contributed by atoms with Crippen LogP contribution in [0.15, 0.2) is 24.5 Å². The van der Waals surface area contributed by atoms with Gasteiger partial charge in [0.05, 0.1) is 6.10 Å². The highest BCUT2D eigenvalue weighted by atomic mass is 16.3. The number of rotatable bonds is 4. The molecule has 0 saturated carbocycles. The summed E-state index contributed by atoms with van der Waals surface area (Å²) in [5.74, 6) is 0. The molecule has 12 heavy (non-hydrogen) atoms. The Balaban J connectivity index is 2.48. The van der Waals surface area contributed by atoms with Crippen LogP contribution in [0.4, 0.5) is 0 Å². The van der Waals surface area contributed by atoms with Crippen LogP contribution in [0.2, 0.25) is 0 Å². The Bertz CT molecular complexity index is 213. The Labute approximate surface area is 72.5 Å². The van der Waals surface area contributed by atoms with Crippen molar-refractivity contribution in [2.45, 2.75) is 13.0 Å². The van der Waals surface area contributed by atoms with Gasteiger partial charge in [0.25, 0.3) is 0 Å². The summed E-state index contributed by atoms with van der Waals surface area (Å²) in [6.07, 6.45) is 2.95. The monoisotopic (exact) mass is 166 g/mol. The van der Waals surface area contributed by atoms with Gasteiger partial charge in [0, 0.05) is 18.9 Å². The summed E-state index contributed by atoms with van der Waals surface area (Å²) in [5, 5.41) is 12.6. The molecule has 0 aliphatic rings. The summed E-state index contributed by atoms with van der Waals surface area (Å²) in [7, 11) is 0. The van der Waals surface area contributed by atoms with Gasteiger partial charge in [-0.15, -0.1) is 0 Å². The van der Waals surface area contributed by atoms with Crippen LogP contribution >= 0.6 is 0 Å². The molecule has 0 aliphatic heterocycles. The van der Waals surface area contributed by atoms with Gasteiger partial charge in [-0.25, -0.2) is 0 Å². The maximum Gasteiger partial charge on any atom is 0.0915 e. The summed E-state index contributed by atoms with van der Waals surface area (Å²) < 4.78 is 0. The number of aliphatic hydroxyl groups is 1. The third-order valence-corrected chi connectivity index (χ3v) is 1.68. The Kier molecular flexibility index (Phi) is 3.70. The lowest BCUT2D eigenvalue weighted by molar-refractivity contribution is 0.175. The van der Waals surface area contributed by atoms with Crippen LogP contribution in [0, 0.1) is 0 Å². The maximum absolute atomic E-state index is 9.56. The van der Waals surface area contributed by atoms with E-state index >= 15 is 0 Å². The molecule has 0 fully saturated rings. The van der Waals surface area contributed by atoms with Crippen molar-refractivity contribution in [2.75, 3.05) is 13.1 Å². The fraction of sp³-hybridized carbons (Fsp3) is 0.444.